The average molecular weight is 199 g/mol. The maximum atomic E-state index is 11.7. The number of amides is 1. The molecule has 0 aromatic heterocycles. The second-order valence-corrected chi connectivity index (χ2v) is 4.55. The highest BCUT2D eigenvalue weighted by Crippen LogP contribution is 2.33. The van der Waals surface area contributed by atoms with Gasteiger partial charge in [-0.2, -0.15) is 0 Å². The van der Waals surface area contributed by atoms with Gasteiger partial charge in [0.2, 0.25) is 5.91 Å². The van der Waals surface area contributed by atoms with Gasteiger partial charge in [-0.3, -0.25) is 9.59 Å². The lowest BCUT2D eigenvalue weighted by Crippen LogP contribution is -2.47. The number of rotatable bonds is 4. The van der Waals surface area contributed by atoms with Crippen molar-refractivity contribution in [3.63, 3.8) is 0 Å². The first-order valence-corrected chi connectivity index (χ1v) is 4.84. The molecular weight excluding hydrogens is 182 g/mol. The van der Waals surface area contributed by atoms with Crippen LogP contribution in [0.1, 0.15) is 33.1 Å². The molecular formula is C10H17NO3. The third-order valence-electron chi connectivity index (χ3n) is 2.75. The second-order valence-electron chi connectivity index (χ2n) is 4.55. The zero-order chi connectivity index (χ0) is 10.9. The molecule has 1 aliphatic rings. The summed E-state index contributed by atoms with van der Waals surface area (Å²) in [7, 11) is 1.68. The minimum atomic E-state index is -0.870. The maximum Gasteiger partial charge on any atom is 0.305 e. The average Bonchev–Trinajstić information content (AvgIpc) is 2.81. The fraction of sp³-hybridized carbons (Fsp3) is 0.800. The maximum absolute atomic E-state index is 11.7. The highest BCUT2D eigenvalue weighted by Gasteiger charge is 2.38. The minimum Gasteiger partial charge on any atom is -0.481 e. The van der Waals surface area contributed by atoms with Gasteiger partial charge in [0.15, 0.2) is 0 Å². The Bertz CT molecular complexity index is 256. The van der Waals surface area contributed by atoms with Crippen molar-refractivity contribution in [2.24, 2.45) is 5.92 Å². The topological polar surface area (TPSA) is 57.6 Å². The van der Waals surface area contributed by atoms with Crippen molar-refractivity contribution >= 4 is 11.9 Å². The number of nitrogens with zero attached hydrogens (tertiary/aromatic N) is 1. The van der Waals surface area contributed by atoms with E-state index in [0.717, 1.165) is 12.8 Å². The van der Waals surface area contributed by atoms with Crippen molar-refractivity contribution in [3.8, 4) is 0 Å². The minimum absolute atomic E-state index is 0.0119. The number of carbonyl (C=O) groups excluding carboxylic acids is 1. The lowest BCUT2D eigenvalue weighted by atomic mass is 9.98. The van der Waals surface area contributed by atoms with Crippen molar-refractivity contribution in [1.29, 1.82) is 0 Å². The summed E-state index contributed by atoms with van der Waals surface area (Å²) < 4.78 is 0. The van der Waals surface area contributed by atoms with Gasteiger partial charge in [-0.25, -0.2) is 0 Å². The van der Waals surface area contributed by atoms with Gasteiger partial charge in [0, 0.05) is 18.5 Å². The van der Waals surface area contributed by atoms with Crippen LogP contribution in [0.5, 0.6) is 0 Å². The molecule has 0 bridgehead atoms. The van der Waals surface area contributed by atoms with E-state index in [2.05, 4.69) is 0 Å². The predicted octanol–water partition coefficient (Wildman–Crippen LogP) is 1.11. The van der Waals surface area contributed by atoms with E-state index < -0.39 is 11.5 Å². The molecule has 0 spiro atoms. The normalized spacial score (nSPS) is 16.5. The summed E-state index contributed by atoms with van der Waals surface area (Å²) in [4.78, 5) is 23.8. The molecule has 0 unspecified atom stereocenters. The molecule has 80 valence electrons. The molecule has 1 amide bonds. The highest BCUT2D eigenvalue weighted by molar-refractivity contribution is 5.82. The summed E-state index contributed by atoms with van der Waals surface area (Å²) in [6, 6.07) is 0. The Balaban J connectivity index is 2.60. The predicted molar refractivity (Wildman–Crippen MR) is 51.8 cm³/mol. The van der Waals surface area contributed by atoms with E-state index in [1.807, 2.05) is 0 Å². The first-order valence-electron chi connectivity index (χ1n) is 4.84. The quantitative estimate of drug-likeness (QED) is 0.737. The zero-order valence-electron chi connectivity index (χ0n) is 8.91. The summed E-state index contributed by atoms with van der Waals surface area (Å²) in [5, 5.41) is 8.70. The molecule has 1 N–H and O–H groups in total. The van der Waals surface area contributed by atoms with Crippen molar-refractivity contribution < 1.29 is 14.7 Å². The zero-order valence-corrected chi connectivity index (χ0v) is 8.91. The van der Waals surface area contributed by atoms with E-state index in [-0.39, 0.29) is 18.2 Å². The fourth-order valence-corrected chi connectivity index (χ4v) is 1.39. The van der Waals surface area contributed by atoms with Crippen LogP contribution >= 0.6 is 0 Å². The third kappa shape index (κ3) is 2.47. The number of aliphatic carboxylic acids is 1. The van der Waals surface area contributed by atoms with Gasteiger partial charge in [0.25, 0.3) is 0 Å². The van der Waals surface area contributed by atoms with Crippen LogP contribution in [0.4, 0.5) is 0 Å². The number of hydrogen-bond donors (Lipinski definition) is 1. The van der Waals surface area contributed by atoms with Crippen LogP contribution in [-0.2, 0) is 9.59 Å². The molecule has 0 heterocycles. The van der Waals surface area contributed by atoms with Crippen LogP contribution in [0.15, 0.2) is 0 Å². The first-order chi connectivity index (χ1) is 6.34. The van der Waals surface area contributed by atoms with Gasteiger partial charge in [-0.1, -0.05) is 0 Å². The number of hydrogen-bond acceptors (Lipinski definition) is 2. The van der Waals surface area contributed by atoms with Crippen molar-refractivity contribution in [2.45, 2.75) is 38.6 Å². The smallest absolute Gasteiger partial charge is 0.305 e. The Morgan fingerprint density at radius 1 is 1.43 bits per heavy atom. The van der Waals surface area contributed by atoms with Crippen LogP contribution in [-0.4, -0.2) is 34.5 Å². The summed E-state index contributed by atoms with van der Waals surface area (Å²) in [6.07, 6.45) is 1.89. The summed E-state index contributed by atoms with van der Waals surface area (Å²) in [5.74, 6) is -0.644. The summed E-state index contributed by atoms with van der Waals surface area (Å²) >= 11 is 0. The Morgan fingerprint density at radius 2 is 1.93 bits per heavy atom. The van der Waals surface area contributed by atoms with E-state index in [1.54, 1.807) is 25.8 Å². The Hall–Kier alpha value is -1.06. The van der Waals surface area contributed by atoms with Crippen molar-refractivity contribution in [1.82, 2.24) is 4.90 Å². The van der Waals surface area contributed by atoms with Crippen LogP contribution in [0, 0.1) is 5.92 Å². The lowest BCUT2D eigenvalue weighted by Gasteiger charge is -2.34. The number of carboxylic acid groups (broad SMARTS) is 1. The molecule has 0 aromatic rings. The molecule has 0 aromatic carbocycles. The van der Waals surface area contributed by atoms with Crippen LogP contribution in [0.3, 0.4) is 0 Å². The van der Waals surface area contributed by atoms with Gasteiger partial charge < -0.3 is 10.0 Å². The Labute approximate surface area is 83.9 Å². The van der Waals surface area contributed by atoms with Gasteiger partial charge in [0.05, 0.1) is 6.42 Å². The van der Waals surface area contributed by atoms with Crippen molar-refractivity contribution in [3.05, 3.63) is 0 Å². The van der Waals surface area contributed by atoms with Gasteiger partial charge in [-0.05, 0) is 26.7 Å². The molecule has 0 radical (unpaired) electrons. The van der Waals surface area contributed by atoms with Crippen LogP contribution < -0.4 is 0 Å². The summed E-state index contributed by atoms with van der Waals surface area (Å²) in [5.41, 5.74) is -0.592. The number of carbonyl (C=O) groups is 2. The molecule has 1 aliphatic carbocycles. The van der Waals surface area contributed by atoms with Crippen LogP contribution in [0.2, 0.25) is 0 Å². The van der Waals surface area contributed by atoms with Gasteiger partial charge >= 0.3 is 5.97 Å². The van der Waals surface area contributed by atoms with E-state index in [0.29, 0.717) is 0 Å². The fourth-order valence-electron chi connectivity index (χ4n) is 1.39. The number of carboxylic acids is 1. The van der Waals surface area contributed by atoms with Crippen molar-refractivity contribution in [2.75, 3.05) is 7.05 Å². The first kappa shape index (κ1) is 11.0. The van der Waals surface area contributed by atoms with E-state index in [1.165, 1.54) is 0 Å². The molecule has 1 saturated carbocycles. The lowest BCUT2D eigenvalue weighted by molar-refractivity contribution is -0.143. The standard InChI is InChI=1S/C10H17NO3/c1-10(2,6-8(12)13)11(3)9(14)7-4-5-7/h7H,4-6H2,1-3H3,(H,12,13). The van der Waals surface area contributed by atoms with E-state index in [4.69, 9.17) is 5.11 Å². The Morgan fingerprint density at radius 3 is 2.29 bits per heavy atom. The molecule has 1 fully saturated rings. The molecule has 4 nitrogen and oxygen atoms in total. The van der Waals surface area contributed by atoms with Crippen LogP contribution in [0.25, 0.3) is 0 Å². The SMILES string of the molecule is CN(C(=O)C1CC1)C(C)(C)CC(=O)O. The highest BCUT2D eigenvalue weighted by atomic mass is 16.4. The molecule has 4 heteroatoms. The second kappa shape index (κ2) is 3.59. The molecule has 14 heavy (non-hydrogen) atoms. The summed E-state index contributed by atoms with van der Waals surface area (Å²) in [6.45, 7) is 3.56. The molecule has 0 saturated heterocycles. The molecule has 0 aliphatic heterocycles. The largest absolute Gasteiger partial charge is 0.481 e. The molecule has 1 rings (SSSR count). The van der Waals surface area contributed by atoms with Gasteiger partial charge in [0.1, 0.15) is 0 Å². The Kier molecular flexibility index (Phi) is 2.83. The molecule has 0 atom stereocenters. The van der Waals surface area contributed by atoms with E-state index in [9.17, 15) is 9.59 Å². The third-order valence-corrected chi connectivity index (χ3v) is 2.75. The van der Waals surface area contributed by atoms with Gasteiger partial charge in [-0.15, -0.1) is 0 Å². The monoisotopic (exact) mass is 199 g/mol. The van der Waals surface area contributed by atoms with E-state index >= 15 is 0 Å².